The molecule has 1 saturated carbocycles. The number of ether oxygens (including phenoxy) is 3. The Morgan fingerprint density at radius 1 is 1.18 bits per heavy atom. The van der Waals surface area contributed by atoms with Gasteiger partial charge in [-0.25, -0.2) is 0 Å². The lowest BCUT2D eigenvalue weighted by Gasteiger charge is -2.50. The van der Waals surface area contributed by atoms with Gasteiger partial charge in [0.2, 0.25) is 12.3 Å². The fourth-order valence-corrected chi connectivity index (χ4v) is 5.13. The molecular weight excluding hydrogens is 358 g/mol. The monoisotopic (exact) mass is 387 g/mol. The number of nitrogens with zero attached hydrogens (tertiary/aromatic N) is 1. The maximum absolute atomic E-state index is 12.0. The average Bonchev–Trinajstić information content (AvgIpc) is 2.70. The average molecular weight is 387 g/mol. The Bertz CT molecular complexity index is 731. The molecule has 2 fully saturated rings. The fraction of sp³-hybridized carbons (Fsp3) is 0.636. The first-order valence-corrected chi connectivity index (χ1v) is 10.3. The van der Waals surface area contributed by atoms with Crippen LogP contribution >= 0.6 is 0 Å². The van der Waals surface area contributed by atoms with Crippen LogP contribution in [-0.2, 0) is 14.2 Å². The van der Waals surface area contributed by atoms with Gasteiger partial charge >= 0.3 is 0 Å². The Hall–Kier alpha value is -1.92. The van der Waals surface area contributed by atoms with Crippen molar-refractivity contribution in [3.8, 4) is 0 Å². The molecule has 1 aliphatic carbocycles. The fourth-order valence-electron chi connectivity index (χ4n) is 5.13. The molecule has 152 valence electrons. The van der Waals surface area contributed by atoms with E-state index in [2.05, 4.69) is 6.92 Å². The number of aryl methyl sites for hydroxylation is 1. The Morgan fingerprint density at radius 2 is 1.93 bits per heavy atom. The standard InChI is InChI=1S/C22H29NO5/c1-3-4-9-27-22-18-13-26-12-17-20(18)16(11-28-22)10-19(23(24)25)21(17)15-7-5-14(2)6-8-15/h5-8,11,17-22H,3-4,9-10,12-13H2,1-2H3/t17-,18-,19-,20-,21+,22-/m1/s1. The molecule has 0 bridgehead atoms. The molecule has 6 heteroatoms. The number of benzene rings is 1. The van der Waals surface area contributed by atoms with Crippen LogP contribution in [0.15, 0.2) is 36.1 Å². The topological polar surface area (TPSA) is 70.8 Å². The van der Waals surface area contributed by atoms with Gasteiger partial charge in [0.25, 0.3) is 0 Å². The molecule has 28 heavy (non-hydrogen) atoms. The molecule has 0 amide bonds. The first-order valence-electron chi connectivity index (χ1n) is 10.3. The SMILES string of the molecule is CCCCO[C@@H]1OC=C2C[C@@H]([N+](=O)[O-])[C@@H](c3ccc(C)cc3)[C@@H]3COC[C@@H]1[C@H]23. The quantitative estimate of drug-likeness (QED) is 0.418. The molecule has 1 aromatic carbocycles. The second kappa shape index (κ2) is 8.21. The zero-order valence-electron chi connectivity index (χ0n) is 16.6. The van der Waals surface area contributed by atoms with Crippen molar-refractivity contribution in [2.75, 3.05) is 19.8 Å². The third-order valence-corrected chi connectivity index (χ3v) is 6.51. The van der Waals surface area contributed by atoms with Crippen molar-refractivity contribution >= 4 is 0 Å². The molecule has 0 N–H and O–H groups in total. The van der Waals surface area contributed by atoms with E-state index in [4.69, 9.17) is 14.2 Å². The summed E-state index contributed by atoms with van der Waals surface area (Å²) in [4.78, 5) is 11.8. The van der Waals surface area contributed by atoms with Gasteiger partial charge in [0.15, 0.2) is 0 Å². The summed E-state index contributed by atoms with van der Waals surface area (Å²) in [6, 6.07) is 7.52. The second-order valence-electron chi connectivity index (χ2n) is 8.31. The molecule has 0 radical (unpaired) electrons. The minimum Gasteiger partial charge on any atom is -0.472 e. The van der Waals surface area contributed by atoms with Crippen LogP contribution in [0, 0.1) is 34.8 Å². The van der Waals surface area contributed by atoms with Gasteiger partial charge in [0, 0.05) is 23.2 Å². The van der Waals surface area contributed by atoms with Crippen LogP contribution < -0.4 is 0 Å². The summed E-state index contributed by atoms with van der Waals surface area (Å²) in [6.45, 7) is 5.96. The summed E-state index contributed by atoms with van der Waals surface area (Å²) in [5, 5.41) is 12.0. The lowest BCUT2D eigenvalue weighted by Crippen LogP contribution is -2.54. The van der Waals surface area contributed by atoms with Crippen molar-refractivity contribution in [2.24, 2.45) is 17.8 Å². The lowest BCUT2D eigenvalue weighted by molar-refractivity contribution is -0.531. The Morgan fingerprint density at radius 3 is 2.64 bits per heavy atom. The molecule has 6 nitrogen and oxygen atoms in total. The van der Waals surface area contributed by atoms with Crippen LogP contribution in [0.2, 0.25) is 0 Å². The highest BCUT2D eigenvalue weighted by molar-refractivity contribution is 5.31. The minimum absolute atomic E-state index is 0.0676. The van der Waals surface area contributed by atoms with E-state index in [1.165, 1.54) is 0 Å². The lowest BCUT2D eigenvalue weighted by atomic mass is 9.60. The highest BCUT2D eigenvalue weighted by Gasteiger charge is 2.55. The molecule has 4 rings (SSSR count). The highest BCUT2D eigenvalue weighted by Crippen LogP contribution is 2.52. The summed E-state index contributed by atoms with van der Waals surface area (Å²) >= 11 is 0. The van der Waals surface area contributed by atoms with E-state index in [-0.39, 0.29) is 34.9 Å². The van der Waals surface area contributed by atoms with Crippen molar-refractivity contribution < 1.29 is 19.1 Å². The van der Waals surface area contributed by atoms with E-state index in [1.54, 1.807) is 6.26 Å². The molecule has 2 aliphatic heterocycles. The van der Waals surface area contributed by atoms with Crippen LogP contribution in [0.1, 0.15) is 43.2 Å². The van der Waals surface area contributed by atoms with Crippen molar-refractivity contribution in [1.82, 2.24) is 0 Å². The maximum Gasteiger partial charge on any atom is 0.224 e. The van der Waals surface area contributed by atoms with E-state index in [0.29, 0.717) is 26.2 Å². The van der Waals surface area contributed by atoms with Crippen LogP contribution in [0.25, 0.3) is 0 Å². The molecule has 0 aromatic heterocycles. The summed E-state index contributed by atoms with van der Waals surface area (Å²) in [7, 11) is 0. The summed E-state index contributed by atoms with van der Waals surface area (Å²) in [6.07, 6.45) is 3.92. The number of unbranched alkanes of at least 4 members (excludes halogenated alkanes) is 1. The molecule has 1 saturated heterocycles. The van der Waals surface area contributed by atoms with E-state index >= 15 is 0 Å². The van der Waals surface area contributed by atoms with E-state index in [0.717, 1.165) is 29.5 Å². The van der Waals surface area contributed by atoms with Gasteiger partial charge in [-0.05, 0) is 24.5 Å². The Kier molecular flexibility index (Phi) is 5.69. The highest BCUT2D eigenvalue weighted by atomic mass is 16.7. The number of hydrogen-bond donors (Lipinski definition) is 0. The van der Waals surface area contributed by atoms with E-state index in [9.17, 15) is 10.1 Å². The van der Waals surface area contributed by atoms with Crippen molar-refractivity contribution in [3.05, 3.63) is 57.3 Å². The van der Waals surface area contributed by atoms with E-state index < -0.39 is 6.04 Å². The molecule has 0 unspecified atom stereocenters. The first kappa shape index (κ1) is 19.4. The number of rotatable bonds is 6. The van der Waals surface area contributed by atoms with Gasteiger partial charge in [-0.3, -0.25) is 10.1 Å². The molecular formula is C22H29NO5. The predicted octanol–water partition coefficient (Wildman–Crippen LogP) is 4.06. The maximum atomic E-state index is 12.0. The van der Waals surface area contributed by atoms with Gasteiger partial charge in [0.1, 0.15) is 0 Å². The van der Waals surface area contributed by atoms with Crippen molar-refractivity contribution in [2.45, 2.75) is 51.4 Å². The van der Waals surface area contributed by atoms with Gasteiger partial charge < -0.3 is 14.2 Å². The number of hydrogen-bond acceptors (Lipinski definition) is 5. The second-order valence-corrected chi connectivity index (χ2v) is 8.31. The van der Waals surface area contributed by atoms with Gasteiger partial charge in [-0.2, -0.15) is 0 Å². The third kappa shape index (κ3) is 3.55. The molecule has 2 heterocycles. The molecule has 3 aliphatic rings. The van der Waals surface area contributed by atoms with Gasteiger partial charge in [-0.1, -0.05) is 43.2 Å². The van der Waals surface area contributed by atoms with Crippen molar-refractivity contribution in [3.63, 3.8) is 0 Å². The smallest absolute Gasteiger partial charge is 0.224 e. The summed E-state index contributed by atoms with van der Waals surface area (Å²) < 4.78 is 17.8. The summed E-state index contributed by atoms with van der Waals surface area (Å²) in [5.41, 5.74) is 3.25. The van der Waals surface area contributed by atoms with Crippen molar-refractivity contribution in [1.29, 1.82) is 0 Å². The normalized spacial score (nSPS) is 34.1. The summed E-state index contributed by atoms with van der Waals surface area (Å²) in [5.74, 6) is 0.223. The first-order chi connectivity index (χ1) is 13.6. The third-order valence-electron chi connectivity index (χ3n) is 6.51. The largest absolute Gasteiger partial charge is 0.472 e. The van der Waals surface area contributed by atoms with Crippen LogP contribution in [0.3, 0.4) is 0 Å². The Labute approximate surface area is 166 Å². The van der Waals surface area contributed by atoms with Crippen LogP contribution in [-0.4, -0.2) is 37.1 Å². The zero-order chi connectivity index (χ0) is 19.7. The predicted molar refractivity (Wildman–Crippen MR) is 104 cm³/mol. The van der Waals surface area contributed by atoms with E-state index in [1.807, 2.05) is 31.2 Å². The Balaban J connectivity index is 1.66. The molecule has 6 atom stereocenters. The molecule has 1 aromatic rings. The number of nitro groups is 1. The zero-order valence-corrected chi connectivity index (χ0v) is 16.6. The van der Waals surface area contributed by atoms with Crippen LogP contribution in [0.4, 0.5) is 0 Å². The van der Waals surface area contributed by atoms with Crippen LogP contribution in [0.5, 0.6) is 0 Å². The van der Waals surface area contributed by atoms with Gasteiger partial charge in [-0.15, -0.1) is 0 Å². The minimum atomic E-state index is -0.654. The van der Waals surface area contributed by atoms with Gasteiger partial charge in [0.05, 0.1) is 37.9 Å². The molecule has 0 spiro atoms.